The molecular formula is C18H21N3O2. The molecule has 2 amide bonds. The van der Waals surface area contributed by atoms with Crippen LogP contribution in [0.15, 0.2) is 48.8 Å². The minimum Gasteiger partial charge on any atom is -0.348 e. The van der Waals surface area contributed by atoms with E-state index in [2.05, 4.69) is 10.3 Å². The summed E-state index contributed by atoms with van der Waals surface area (Å²) in [5, 5.41) is 2.83. The van der Waals surface area contributed by atoms with Gasteiger partial charge >= 0.3 is 0 Å². The van der Waals surface area contributed by atoms with Crippen LogP contribution in [0.25, 0.3) is 0 Å². The molecule has 1 aromatic carbocycles. The predicted molar refractivity (Wildman–Crippen MR) is 89.1 cm³/mol. The Hall–Kier alpha value is -2.69. The number of rotatable bonds is 6. The lowest BCUT2D eigenvalue weighted by atomic mass is 10.1. The molecule has 0 aliphatic rings. The van der Waals surface area contributed by atoms with Crippen molar-refractivity contribution in [2.75, 3.05) is 13.1 Å². The van der Waals surface area contributed by atoms with E-state index in [1.165, 1.54) is 0 Å². The number of hydrogen-bond acceptors (Lipinski definition) is 3. The molecule has 5 nitrogen and oxygen atoms in total. The van der Waals surface area contributed by atoms with Gasteiger partial charge in [-0.05, 0) is 43.7 Å². The Morgan fingerprint density at radius 1 is 1.09 bits per heavy atom. The zero-order chi connectivity index (χ0) is 16.7. The number of amides is 2. The molecule has 0 bridgehead atoms. The first kappa shape index (κ1) is 16.7. The molecule has 0 unspecified atom stereocenters. The Bertz CT molecular complexity index is 667. The van der Waals surface area contributed by atoms with Crippen molar-refractivity contribution >= 4 is 11.8 Å². The lowest BCUT2D eigenvalue weighted by Crippen LogP contribution is -2.30. The zero-order valence-electron chi connectivity index (χ0n) is 13.5. The molecule has 0 saturated carbocycles. The minimum atomic E-state index is -0.206. The van der Waals surface area contributed by atoms with Crippen LogP contribution in [-0.2, 0) is 6.54 Å². The number of nitrogens with one attached hydrogen (secondary N) is 1. The van der Waals surface area contributed by atoms with Crippen molar-refractivity contribution in [1.82, 2.24) is 15.2 Å². The van der Waals surface area contributed by atoms with Crippen LogP contribution in [0, 0.1) is 0 Å². The first-order valence-electron chi connectivity index (χ1n) is 7.72. The second-order valence-corrected chi connectivity index (χ2v) is 5.10. The molecule has 0 spiro atoms. The summed E-state index contributed by atoms with van der Waals surface area (Å²) in [6.07, 6.45) is 3.40. The van der Waals surface area contributed by atoms with E-state index in [9.17, 15) is 9.59 Å². The van der Waals surface area contributed by atoms with Gasteiger partial charge in [0.2, 0.25) is 0 Å². The van der Waals surface area contributed by atoms with Gasteiger partial charge < -0.3 is 10.2 Å². The highest BCUT2D eigenvalue weighted by Gasteiger charge is 2.14. The van der Waals surface area contributed by atoms with Gasteiger partial charge in [0.1, 0.15) is 0 Å². The summed E-state index contributed by atoms with van der Waals surface area (Å²) in [6, 6.07) is 10.5. The quantitative estimate of drug-likeness (QED) is 0.891. The van der Waals surface area contributed by atoms with Crippen LogP contribution in [0.2, 0.25) is 0 Å². The van der Waals surface area contributed by atoms with Crippen LogP contribution in [0.1, 0.15) is 40.1 Å². The highest BCUT2D eigenvalue weighted by atomic mass is 16.2. The van der Waals surface area contributed by atoms with E-state index in [0.29, 0.717) is 30.8 Å². The third kappa shape index (κ3) is 4.39. The molecule has 23 heavy (non-hydrogen) atoms. The highest BCUT2D eigenvalue weighted by molar-refractivity contribution is 5.99. The first-order valence-corrected chi connectivity index (χ1v) is 7.72. The maximum absolute atomic E-state index is 12.3. The van der Waals surface area contributed by atoms with E-state index in [-0.39, 0.29) is 11.8 Å². The molecule has 0 saturated heterocycles. The van der Waals surface area contributed by atoms with Gasteiger partial charge in [-0.3, -0.25) is 14.6 Å². The summed E-state index contributed by atoms with van der Waals surface area (Å²) in [5.41, 5.74) is 1.94. The average molecular weight is 311 g/mol. The van der Waals surface area contributed by atoms with Gasteiger partial charge in [-0.1, -0.05) is 12.1 Å². The van der Waals surface area contributed by atoms with Crippen molar-refractivity contribution in [3.63, 3.8) is 0 Å². The fourth-order valence-corrected chi connectivity index (χ4v) is 2.27. The zero-order valence-corrected chi connectivity index (χ0v) is 13.5. The maximum Gasteiger partial charge on any atom is 0.253 e. The van der Waals surface area contributed by atoms with E-state index in [1.54, 1.807) is 41.6 Å². The summed E-state index contributed by atoms with van der Waals surface area (Å²) in [5.74, 6) is -0.264. The molecule has 0 atom stereocenters. The second-order valence-electron chi connectivity index (χ2n) is 5.10. The molecule has 0 aliphatic heterocycles. The van der Waals surface area contributed by atoms with E-state index < -0.39 is 0 Å². The molecule has 0 fully saturated rings. The molecule has 0 radical (unpaired) electrons. The number of hydrogen-bond donors (Lipinski definition) is 1. The van der Waals surface area contributed by atoms with Gasteiger partial charge in [0, 0.05) is 43.2 Å². The van der Waals surface area contributed by atoms with Gasteiger partial charge in [0.25, 0.3) is 11.8 Å². The predicted octanol–water partition coefficient (Wildman–Crippen LogP) is 2.49. The molecule has 1 N–H and O–H groups in total. The largest absolute Gasteiger partial charge is 0.348 e. The molecule has 2 rings (SSSR count). The van der Waals surface area contributed by atoms with E-state index in [1.807, 2.05) is 26.0 Å². The van der Waals surface area contributed by atoms with Crippen molar-refractivity contribution in [1.29, 1.82) is 0 Å². The Balaban J connectivity index is 2.06. The molecule has 120 valence electrons. The number of aromatic nitrogens is 1. The van der Waals surface area contributed by atoms with Crippen molar-refractivity contribution < 1.29 is 9.59 Å². The lowest BCUT2D eigenvalue weighted by Gasteiger charge is -2.18. The molecule has 1 aromatic heterocycles. The van der Waals surface area contributed by atoms with E-state index >= 15 is 0 Å². The van der Waals surface area contributed by atoms with Gasteiger partial charge in [-0.2, -0.15) is 0 Å². The number of pyridine rings is 1. The molecule has 0 aliphatic carbocycles. The summed E-state index contributed by atoms with van der Waals surface area (Å²) >= 11 is 0. The van der Waals surface area contributed by atoms with Gasteiger partial charge in [0.05, 0.1) is 0 Å². The summed E-state index contributed by atoms with van der Waals surface area (Å²) < 4.78 is 0. The maximum atomic E-state index is 12.3. The number of carbonyl (C=O) groups is 2. The highest BCUT2D eigenvalue weighted by Crippen LogP contribution is 2.09. The molecule has 2 aromatic rings. The first-order chi connectivity index (χ1) is 11.2. The van der Waals surface area contributed by atoms with Crippen LogP contribution in [-0.4, -0.2) is 34.8 Å². The number of nitrogens with zero attached hydrogens (tertiary/aromatic N) is 2. The third-order valence-corrected chi connectivity index (χ3v) is 3.60. The third-order valence-electron chi connectivity index (χ3n) is 3.60. The molecule has 1 heterocycles. The van der Waals surface area contributed by atoms with Crippen LogP contribution in [0.4, 0.5) is 0 Å². The van der Waals surface area contributed by atoms with Gasteiger partial charge in [-0.15, -0.1) is 0 Å². The van der Waals surface area contributed by atoms with Crippen molar-refractivity contribution in [3.8, 4) is 0 Å². The number of benzene rings is 1. The fraction of sp³-hybridized carbons (Fsp3) is 0.278. The summed E-state index contributed by atoms with van der Waals surface area (Å²) in [6.45, 7) is 5.57. The smallest absolute Gasteiger partial charge is 0.253 e. The SMILES string of the molecule is CCN(CC)C(=O)c1cccc(C(=O)NCc2cccnc2)c1. The van der Waals surface area contributed by atoms with Crippen LogP contribution in [0.3, 0.4) is 0 Å². The molecule has 5 heteroatoms. The van der Waals surface area contributed by atoms with Crippen molar-refractivity contribution in [2.24, 2.45) is 0 Å². The van der Waals surface area contributed by atoms with Crippen LogP contribution < -0.4 is 5.32 Å². The average Bonchev–Trinajstić information content (AvgIpc) is 2.61. The standard InChI is InChI=1S/C18H21N3O2/c1-3-21(4-2)18(23)16-9-5-8-15(11-16)17(22)20-13-14-7-6-10-19-12-14/h5-12H,3-4,13H2,1-2H3,(H,20,22). The Morgan fingerprint density at radius 3 is 2.48 bits per heavy atom. The molecular weight excluding hydrogens is 290 g/mol. The Labute approximate surface area is 136 Å². The summed E-state index contributed by atoms with van der Waals surface area (Å²) in [7, 11) is 0. The van der Waals surface area contributed by atoms with Gasteiger partial charge in [0.15, 0.2) is 0 Å². The van der Waals surface area contributed by atoms with E-state index in [4.69, 9.17) is 0 Å². The Morgan fingerprint density at radius 2 is 1.83 bits per heavy atom. The normalized spacial score (nSPS) is 10.2. The summed E-state index contributed by atoms with van der Waals surface area (Å²) in [4.78, 5) is 30.3. The van der Waals surface area contributed by atoms with Crippen LogP contribution >= 0.6 is 0 Å². The fourth-order valence-electron chi connectivity index (χ4n) is 2.27. The lowest BCUT2D eigenvalue weighted by molar-refractivity contribution is 0.0773. The second kappa shape index (κ2) is 8.08. The van der Waals surface area contributed by atoms with Crippen LogP contribution in [0.5, 0.6) is 0 Å². The van der Waals surface area contributed by atoms with E-state index in [0.717, 1.165) is 5.56 Å². The van der Waals surface area contributed by atoms with Crippen molar-refractivity contribution in [2.45, 2.75) is 20.4 Å². The Kier molecular flexibility index (Phi) is 5.86. The topological polar surface area (TPSA) is 62.3 Å². The van der Waals surface area contributed by atoms with Gasteiger partial charge in [-0.25, -0.2) is 0 Å². The van der Waals surface area contributed by atoms with Crippen molar-refractivity contribution in [3.05, 3.63) is 65.5 Å². The minimum absolute atomic E-state index is 0.0584. The number of carbonyl (C=O) groups excluding carboxylic acids is 2. The monoisotopic (exact) mass is 311 g/mol.